The zero-order chi connectivity index (χ0) is 12.5. The van der Waals surface area contributed by atoms with Crippen LogP contribution in [0.1, 0.15) is 41.1 Å². The number of hydrogen-bond acceptors (Lipinski definition) is 2. The molecule has 2 fully saturated rings. The predicted molar refractivity (Wildman–Crippen MR) is 71.7 cm³/mol. The SMILES string of the molecule is CNC(=O)c1ccc(C2CC2NCC2CC2)cc1. The van der Waals surface area contributed by atoms with E-state index in [1.54, 1.807) is 7.05 Å². The van der Waals surface area contributed by atoms with Crippen LogP contribution >= 0.6 is 0 Å². The molecule has 1 aromatic carbocycles. The van der Waals surface area contributed by atoms with Crippen LogP contribution in [-0.2, 0) is 0 Å². The van der Waals surface area contributed by atoms with Gasteiger partial charge in [-0.05, 0) is 49.4 Å². The minimum atomic E-state index is -0.0132. The lowest BCUT2D eigenvalue weighted by molar-refractivity contribution is 0.0963. The zero-order valence-electron chi connectivity index (χ0n) is 10.8. The van der Waals surface area contributed by atoms with E-state index in [2.05, 4.69) is 22.8 Å². The van der Waals surface area contributed by atoms with E-state index in [9.17, 15) is 4.79 Å². The minimum absolute atomic E-state index is 0.0132. The Balaban J connectivity index is 1.55. The molecule has 3 rings (SSSR count). The van der Waals surface area contributed by atoms with Gasteiger partial charge in [0.2, 0.25) is 0 Å². The van der Waals surface area contributed by atoms with E-state index in [1.165, 1.54) is 31.4 Å². The van der Waals surface area contributed by atoms with Gasteiger partial charge in [0.1, 0.15) is 0 Å². The van der Waals surface area contributed by atoms with Crippen molar-refractivity contribution in [3.05, 3.63) is 35.4 Å². The van der Waals surface area contributed by atoms with Crippen LogP contribution in [0.4, 0.5) is 0 Å². The fourth-order valence-corrected chi connectivity index (χ4v) is 2.46. The third-order valence-electron chi connectivity index (χ3n) is 3.98. The van der Waals surface area contributed by atoms with Gasteiger partial charge >= 0.3 is 0 Å². The van der Waals surface area contributed by atoms with Crippen LogP contribution in [0.25, 0.3) is 0 Å². The Morgan fingerprint density at radius 2 is 2.00 bits per heavy atom. The quantitative estimate of drug-likeness (QED) is 0.830. The Kier molecular flexibility index (Phi) is 3.08. The van der Waals surface area contributed by atoms with E-state index < -0.39 is 0 Å². The maximum Gasteiger partial charge on any atom is 0.251 e. The van der Waals surface area contributed by atoms with Crippen molar-refractivity contribution < 1.29 is 4.79 Å². The van der Waals surface area contributed by atoms with Gasteiger partial charge in [0.05, 0.1) is 0 Å². The number of amides is 1. The zero-order valence-corrected chi connectivity index (χ0v) is 10.8. The molecule has 18 heavy (non-hydrogen) atoms. The van der Waals surface area contributed by atoms with Crippen molar-refractivity contribution in [3.8, 4) is 0 Å². The van der Waals surface area contributed by atoms with E-state index in [1.807, 2.05) is 12.1 Å². The third kappa shape index (κ3) is 2.56. The summed E-state index contributed by atoms with van der Waals surface area (Å²) in [5.41, 5.74) is 2.10. The Bertz CT molecular complexity index is 436. The maximum absolute atomic E-state index is 11.4. The van der Waals surface area contributed by atoms with Crippen LogP contribution in [0.2, 0.25) is 0 Å². The van der Waals surface area contributed by atoms with E-state index in [4.69, 9.17) is 0 Å². The van der Waals surface area contributed by atoms with Crippen LogP contribution in [-0.4, -0.2) is 25.5 Å². The summed E-state index contributed by atoms with van der Waals surface area (Å²) in [5.74, 6) is 1.59. The van der Waals surface area contributed by atoms with Crippen LogP contribution in [0, 0.1) is 5.92 Å². The molecule has 0 saturated heterocycles. The molecule has 2 aliphatic rings. The second-order valence-corrected chi connectivity index (χ2v) is 5.50. The van der Waals surface area contributed by atoms with Crippen molar-refractivity contribution in [3.63, 3.8) is 0 Å². The molecule has 0 spiro atoms. The van der Waals surface area contributed by atoms with Gasteiger partial charge in [0.15, 0.2) is 0 Å². The number of carbonyl (C=O) groups is 1. The van der Waals surface area contributed by atoms with E-state index >= 15 is 0 Å². The highest BCUT2D eigenvalue weighted by Crippen LogP contribution is 2.41. The molecule has 0 aromatic heterocycles. The molecule has 2 atom stereocenters. The Labute approximate surface area is 108 Å². The van der Waals surface area contributed by atoms with E-state index in [0.29, 0.717) is 12.0 Å². The average Bonchev–Trinajstić information content (AvgIpc) is 3.28. The normalized spacial score (nSPS) is 25.8. The summed E-state index contributed by atoms with van der Waals surface area (Å²) in [6.07, 6.45) is 4.06. The third-order valence-corrected chi connectivity index (χ3v) is 3.98. The number of nitrogens with one attached hydrogen (secondary N) is 2. The topological polar surface area (TPSA) is 41.1 Å². The summed E-state index contributed by atoms with van der Waals surface area (Å²) in [7, 11) is 1.66. The molecule has 0 radical (unpaired) electrons. The molecule has 1 amide bonds. The largest absolute Gasteiger partial charge is 0.355 e. The maximum atomic E-state index is 11.4. The molecule has 2 saturated carbocycles. The van der Waals surface area contributed by atoms with Crippen molar-refractivity contribution in [2.24, 2.45) is 5.92 Å². The van der Waals surface area contributed by atoms with Gasteiger partial charge in [-0.15, -0.1) is 0 Å². The summed E-state index contributed by atoms with van der Waals surface area (Å²) >= 11 is 0. The van der Waals surface area contributed by atoms with Gasteiger partial charge in [0.25, 0.3) is 5.91 Å². The molecule has 1 aromatic rings. The van der Waals surface area contributed by atoms with Crippen molar-refractivity contribution >= 4 is 5.91 Å². The highest BCUT2D eigenvalue weighted by Gasteiger charge is 2.38. The van der Waals surface area contributed by atoms with Crippen LogP contribution in [0.5, 0.6) is 0 Å². The van der Waals surface area contributed by atoms with Gasteiger partial charge in [-0.2, -0.15) is 0 Å². The molecule has 2 N–H and O–H groups in total. The summed E-state index contributed by atoms with van der Waals surface area (Å²) in [4.78, 5) is 11.4. The first-order valence-electron chi connectivity index (χ1n) is 6.83. The summed E-state index contributed by atoms with van der Waals surface area (Å²) in [6.45, 7) is 1.19. The molecule has 0 heterocycles. The first kappa shape index (κ1) is 11.7. The van der Waals surface area contributed by atoms with Gasteiger partial charge < -0.3 is 10.6 Å². The molecule has 2 aliphatic carbocycles. The van der Waals surface area contributed by atoms with Gasteiger partial charge in [0, 0.05) is 24.6 Å². The number of carbonyl (C=O) groups excluding carboxylic acids is 1. The monoisotopic (exact) mass is 244 g/mol. The van der Waals surface area contributed by atoms with Gasteiger partial charge in [-0.25, -0.2) is 0 Å². The van der Waals surface area contributed by atoms with Gasteiger partial charge in [-0.3, -0.25) is 4.79 Å². The highest BCUT2D eigenvalue weighted by atomic mass is 16.1. The lowest BCUT2D eigenvalue weighted by atomic mass is 10.1. The molecule has 0 bridgehead atoms. The molecule has 2 unspecified atom stereocenters. The molecular weight excluding hydrogens is 224 g/mol. The van der Waals surface area contributed by atoms with Crippen LogP contribution in [0.15, 0.2) is 24.3 Å². The number of rotatable bonds is 5. The van der Waals surface area contributed by atoms with Crippen molar-refractivity contribution in [1.29, 1.82) is 0 Å². The Morgan fingerprint density at radius 3 is 2.61 bits per heavy atom. The lowest BCUT2D eigenvalue weighted by Gasteiger charge is -2.04. The molecule has 96 valence electrons. The first-order chi connectivity index (χ1) is 8.78. The smallest absolute Gasteiger partial charge is 0.251 e. The van der Waals surface area contributed by atoms with Crippen molar-refractivity contribution in [2.75, 3.05) is 13.6 Å². The fourth-order valence-electron chi connectivity index (χ4n) is 2.46. The fraction of sp³-hybridized carbons (Fsp3) is 0.533. The second kappa shape index (κ2) is 4.73. The first-order valence-corrected chi connectivity index (χ1v) is 6.83. The molecule has 0 aliphatic heterocycles. The van der Waals surface area contributed by atoms with Crippen molar-refractivity contribution in [1.82, 2.24) is 10.6 Å². The molecule has 3 nitrogen and oxygen atoms in total. The Hall–Kier alpha value is -1.35. The second-order valence-electron chi connectivity index (χ2n) is 5.50. The van der Waals surface area contributed by atoms with E-state index in [0.717, 1.165) is 11.5 Å². The average molecular weight is 244 g/mol. The summed E-state index contributed by atoms with van der Waals surface area (Å²) < 4.78 is 0. The lowest BCUT2D eigenvalue weighted by Crippen LogP contribution is -2.20. The summed E-state index contributed by atoms with van der Waals surface area (Å²) in [6, 6.07) is 8.69. The Morgan fingerprint density at radius 1 is 1.28 bits per heavy atom. The number of benzene rings is 1. The molecule has 3 heteroatoms. The molecular formula is C15H20N2O. The van der Waals surface area contributed by atoms with Crippen LogP contribution in [0.3, 0.4) is 0 Å². The number of hydrogen-bond donors (Lipinski definition) is 2. The predicted octanol–water partition coefficient (Wildman–Crippen LogP) is 1.90. The standard InChI is InChI=1S/C15H20N2O/c1-16-15(18)12-6-4-11(5-7-12)13-8-14(13)17-9-10-2-3-10/h4-7,10,13-14,17H,2-3,8-9H2,1H3,(H,16,18). The van der Waals surface area contributed by atoms with Crippen LogP contribution < -0.4 is 10.6 Å². The summed E-state index contributed by atoms with van der Waals surface area (Å²) in [5, 5.41) is 6.28. The van der Waals surface area contributed by atoms with Crippen molar-refractivity contribution in [2.45, 2.75) is 31.2 Å². The minimum Gasteiger partial charge on any atom is -0.355 e. The highest BCUT2D eigenvalue weighted by molar-refractivity contribution is 5.93. The van der Waals surface area contributed by atoms with E-state index in [-0.39, 0.29) is 5.91 Å². The van der Waals surface area contributed by atoms with Gasteiger partial charge in [-0.1, -0.05) is 12.1 Å².